The van der Waals surface area contributed by atoms with E-state index in [9.17, 15) is 4.79 Å². The van der Waals surface area contributed by atoms with Gasteiger partial charge in [0.2, 0.25) is 11.8 Å². The van der Waals surface area contributed by atoms with Gasteiger partial charge in [-0.15, -0.1) is 0 Å². The number of amides is 1. The zero-order valence-corrected chi connectivity index (χ0v) is 15.3. The Kier molecular flexibility index (Phi) is 8.01. The minimum atomic E-state index is 0.122. The van der Waals surface area contributed by atoms with Gasteiger partial charge in [-0.3, -0.25) is 4.79 Å². The number of pyridine rings is 1. The molecule has 7 heteroatoms. The first-order chi connectivity index (χ1) is 12.2. The summed E-state index contributed by atoms with van der Waals surface area (Å²) in [5, 5.41) is 6.29. The predicted molar refractivity (Wildman–Crippen MR) is 98.7 cm³/mol. The van der Waals surface area contributed by atoms with E-state index in [2.05, 4.69) is 27.5 Å². The van der Waals surface area contributed by atoms with E-state index >= 15 is 0 Å². The monoisotopic (exact) mass is 347 g/mol. The van der Waals surface area contributed by atoms with Crippen molar-refractivity contribution in [1.29, 1.82) is 0 Å². The third kappa shape index (κ3) is 6.25. The van der Waals surface area contributed by atoms with E-state index in [1.807, 2.05) is 24.0 Å². The third-order valence-corrected chi connectivity index (χ3v) is 3.91. The average Bonchev–Trinajstić information content (AvgIpc) is 3.17. The minimum absolute atomic E-state index is 0.122. The maximum absolute atomic E-state index is 12.2. The molecule has 138 valence electrons. The van der Waals surface area contributed by atoms with Crippen LogP contribution < -0.4 is 15.4 Å². The van der Waals surface area contributed by atoms with E-state index in [1.165, 1.54) is 0 Å². The van der Waals surface area contributed by atoms with Crippen LogP contribution in [0.3, 0.4) is 0 Å². The molecule has 25 heavy (non-hydrogen) atoms. The fraction of sp³-hybridized carbons (Fsp3) is 0.611. The number of guanidine groups is 1. The lowest BCUT2D eigenvalue weighted by molar-refractivity contribution is -0.128. The van der Waals surface area contributed by atoms with Crippen molar-refractivity contribution < 1.29 is 9.53 Å². The van der Waals surface area contributed by atoms with Gasteiger partial charge in [0.25, 0.3) is 0 Å². The van der Waals surface area contributed by atoms with E-state index in [-0.39, 0.29) is 12.5 Å². The van der Waals surface area contributed by atoms with Crippen LogP contribution in [-0.4, -0.2) is 54.5 Å². The molecule has 0 spiro atoms. The third-order valence-electron chi connectivity index (χ3n) is 3.91. The van der Waals surface area contributed by atoms with Crippen molar-refractivity contribution in [2.45, 2.75) is 39.7 Å². The fourth-order valence-electron chi connectivity index (χ4n) is 2.62. The van der Waals surface area contributed by atoms with Gasteiger partial charge in [0.1, 0.15) is 0 Å². The number of aromatic nitrogens is 1. The zero-order valence-electron chi connectivity index (χ0n) is 15.3. The predicted octanol–water partition coefficient (Wildman–Crippen LogP) is 1.55. The van der Waals surface area contributed by atoms with E-state index in [0.717, 1.165) is 44.5 Å². The van der Waals surface area contributed by atoms with Crippen molar-refractivity contribution in [2.24, 2.45) is 4.99 Å². The van der Waals surface area contributed by atoms with Gasteiger partial charge < -0.3 is 20.3 Å². The van der Waals surface area contributed by atoms with Gasteiger partial charge in [-0.2, -0.15) is 0 Å². The van der Waals surface area contributed by atoms with Crippen LogP contribution in [0, 0.1) is 0 Å². The van der Waals surface area contributed by atoms with Crippen LogP contribution >= 0.6 is 0 Å². The zero-order chi connectivity index (χ0) is 17.9. The molecule has 0 atom stereocenters. The van der Waals surface area contributed by atoms with Crippen LogP contribution in [-0.2, 0) is 11.3 Å². The highest BCUT2D eigenvalue weighted by Crippen LogP contribution is 2.15. The lowest BCUT2D eigenvalue weighted by atomic mass is 10.3. The highest BCUT2D eigenvalue weighted by Gasteiger charge is 2.17. The Labute approximate surface area is 149 Å². The molecule has 0 bridgehead atoms. The van der Waals surface area contributed by atoms with Gasteiger partial charge in [-0.25, -0.2) is 9.98 Å². The second-order valence-corrected chi connectivity index (χ2v) is 5.95. The molecule has 1 saturated heterocycles. The maximum Gasteiger partial charge on any atom is 0.241 e. The number of aliphatic imine (C=N–C) groups is 1. The molecule has 0 radical (unpaired) electrons. The number of hydrogen-bond acceptors (Lipinski definition) is 4. The second kappa shape index (κ2) is 10.5. The summed E-state index contributed by atoms with van der Waals surface area (Å²) in [4.78, 5) is 22.9. The summed E-state index contributed by atoms with van der Waals surface area (Å²) in [6.45, 7) is 7.86. The van der Waals surface area contributed by atoms with Gasteiger partial charge in [0.05, 0.1) is 19.7 Å². The molecule has 1 aliphatic heterocycles. The Hall–Kier alpha value is -2.31. The molecule has 7 nitrogen and oxygen atoms in total. The van der Waals surface area contributed by atoms with Crippen molar-refractivity contribution >= 4 is 11.9 Å². The van der Waals surface area contributed by atoms with Crippen molar-refractivity contribution in [3.63, 3.8) is 0 Å². The lowest BCUT2D eigenvalue weighted by Gasteiger charge is -2.17. The number of nitrogens with zero attached hydrogens (tertiary/aromatic N) is 3. The van der Waals surface area contributed by atoms with Crippen molar-refractivity contribution in [1.82, 2.24) is 20.5 Å². The average molecular weight is 347 g/mol. The van der Waals surface area contributed by atoms with Crippen molar-refractivity contribution in [2.75, 3.05) is 32.8 Å². The molecule has 1 aromatic rings. The van der Waals surface area contributed by atoms with E-state index in [4.69, 9.17) is 4.74 Å². The Bertz CT molecular complexity index is 570. The first kappa shape index (κ1) is 19.0. The van der Waals surface area contributed by atoms with Crippen molar-refractivity contribution in [3.05, 3.63) is 23.9 Å². The number of hydrogen-bond donors (Lipinski definition) is 2. The van der Waals surface area contributed by atoms with E-state index in [1.54, 1.807) is 6.20 Å². The van der Waals surface area contributed by atoms with Crippen LogP contribution in [0.1, 0.15) is 38.7 Å². The molecule has 2 rings (SSSR count). The molecule has 0 aromatic carbocycles. The molecule has 1 amide bonds. The second-order valence-electron chi connectivity index (χ2n) is 5.95. The lowest BCUT2D eigenvalue weighted by Crippen LogP contribution is -2.44. The normalized spacial score (nSPS) is 14.5. The van der Waals surface area contributed by atoms with Crippen LogP contribution in [0.25, 0.3) is 0 Å². The van der Waals surface area contributed by atoms with Gasteiger partial charge in [0, 0.05) is 31.4 Å². The molecular formula is C18H29N5O2. The molecule has 1 fully saturated rings. The Morgan fingerprint density at radius 2 is 2.12 bits per heavy atom. The topological polar surface area (TPSA) is 78.9 Å². The van der Waals surface area contributed by atoms with Crippen LogP contribution in [0.15, 0.2) is 23.3 Å². The fourth-order valence-corrected chi connectivity index (χ4v) is 2.62. The summed E-state index contributed by atoms with van der Waals surface area (Å²) in [7, 11) is 0. The number of likely N-dealkylation sites (tertiary alicyclic amines) is 1. The van der Waals surface area contributed by atoms with Crippen LogP contribution in [0.2, 0.25) is 0 Å². The molecular weight excluding hydrogens is 318 g/mol. The molecule has 1 aromatic heterocycles. The van der Waals surface area contributed by atoms with Gasteiger partial charge in [-0.05, 0) is 32.3 Å². The number of carbonyl (C=O) groups excluding carboxylic acids is 1. The molecule has 0 aliphatic carbocycles. The quantitative estimate of drug-likeness (QED) is 0.551. The Balaban J connectivity index is 1.93. The SMILES string of the molecule is CCCOc1ncccc1CN=C(NCC)NCC(=O)N1CCCC1. The largest absolute Gasteiger partial charge is 0.477 e. The summed E-state index contributed by atoms with van der Waals surface area (Å²) in [5.41, 5.74) is 0.930. The van der Waals surface area contributed by atoms with Gasteiger partial charge in [-0.1, -0.05) is 13.0 Å². The Morgan fingerprint density at radius 3 is 2.84 bits per heavy atom. The molecule has 0 saturated carbocycles. The number of nitrogens with one attached hydrogen (secondary N) is 2. The standard InChI is InChI=1S/C18H29N5O2/c1-3-12-25-17-15(8-7-9-20-17)13-21-18(19-4-2)22-14-16(24)23-10-5-6-11-23/h7-9H,3-6,10-14H2,1-2H3,(H2,19,21,22). The first-order valence-electron chi connectivity index (χ1n) is 9.11. The number of rotatable bonds is 8. The van der Waals surface area contributed by atoms with Gasteiger partial charge in [0.15, 0.2) is 5.96 Å². The summed E-state index contributed by atoms with van der Waals surface area (Å²) in [5.74, 6) is 1.37. The highest BCUT2D eigenvalue weighted by atomic mass is 16.5. The number of ether oxygens (including phenoxy) is 1. The van der Waals surface area contributed by atoms with Crippen molar-refractivity contribution in [3.8, 4) is 5.88 Å². The Morgan fingerprint density at radius 1 is 1.32 bits per heavy atom. The molecule has 2 N–H and O–H groups in total. The minimum Gasteiger partial charge on any atom is -0.477 e. The summed E-state index contributed by atoms with van der Waals surface area (Å²) >= 11 is 0. The summed E-state index contributed by atoms with van der Waals surface area (Å²) in [6, 6.07) is 3.83. The summed E-state index contributed by atoms with van der Waals surface area (Å²) in [6.07, 6.45) is 4.85. The molecule has 2 heterocycles. The van der Waals surface area contributed by atoms with E-state index in [0.29, 0.717) is 25.0 Å². The van der Waals surface area contributed by atoms with E-state index < -0.39 is 0 Å². The molecule has 0 unspecified atom stereocenters. The highest BCUT2D eigenvalue weighted by molar-refractivity contribution is 5.86. The smallest absolute Gasteiger partial charge is 0.241 e. The molecule has 1 aliphatic rings. The van der Waals surface area contributed by atoms with Gasteiger partial charge >= 0.3 is 0 Å². The maximum atomic E-state index is 12.2. The number of carbonyl (C=O) groups is 1. The van der Waals surface area contributed by atoms with Crippen LogP contribution in [0.4, 0.5) is 0 Å². The first-order valence-corrected chi connectivity index (χ1v) is 9.11. The summed E-state index contributed by atoms with van der Waals surface area (Å²) < 4.78 is 5.66. The van der Waals surface area contributed by atoms with Crippen LogP contribution in [0.5, 0.6) is 5.88 Å².